The van der Waals surface area contributed by atoms with Gasteiger partial charge in [-0.25, -0.2) is 0 Å². The highest BCUT2D eigenvalue weighted by molar-refractivity contribution is 5.80. The molecule has 2 nitrogen and oxygen atoms in total. The summed E-state index contributed by atoms with van der Waals surface area (Å²) in [6.07, 6.45) is 7.26. The van der Waals surface area contributed by atoms with E-state index in [1.807, 2.05) is 36.7 Å². The van der Waals surface area contributed by atoms with Crippen LogP contribution in [0.25, 0.3) is 10.8 Å². The van der Waals surface area contributed by atoms with Crippen molar-refractivity contribution in [3.8, 4) is 0 Å². The summed E-state index contributed by atoms with van der Waals surface area (Å²) in [5, 5.41) is 2.30. The lowest BCUT2D eigenvalue weighted by molar-refractivity contribution is 1.29. The van der Waals surface area contributed by atoms with Crippen molar-refractivity contribution in [2.75, 3.05) is 0 Å². The number of aromatic nitrogens is 2. The second kappa shape index (κ2) is 3.72. The smallest absolute Gasteiger partial charge is 0.0428 e. The molecule has 64 valence electrons. The molecule has 0 saturated carbocycles. The Morgan fingerprint density at radius 3 is 2.69 bits per heavy atom. The lowest BCUT2D eigenvalue weighted by atomic mass is 10.2. The summed E-state index contributed by atoms with van der Waals surface area (Å²) < 4.78 is 0. The molecule has 2 heteroatoms. The lowest BCUT2D eigenvalue weighted by Gasteiger charge is -1.88. The molecule has 0 atom stereocenters. The van der Waals surface area contributed by atoms with Crippen LogP contribution in [-0.2, 0) is 0 Å². The first-order valence-electron chi connectivity index (χ1n) is 4.17. The van der Waals surface area contributed by atoms with E-state index in [2.05, 4.69) is 16.0 Å². The van der Waals surface area contributed by atoms with Crippen molar-refractivity contribution in [1.29, 1.82) is 0 Å². The van der Waals surface area contributed by atoms with E-state index < -0.39 is 0 Å². The molecule has 1 aromatic carbocycles. The summed E-state index contributed by atoms with van der Waals surface area (Å²) in [5.41, 5.74) is 0. The summed E-state index contributed by atoms with van der Waals surface area (Å²) in [5.74, 6) is 0. The Balaban J connectivity index is 2.82. The Morgan fingerprint density at radius 1 is 0.923 bits per heavy atom. The molecule has 0 fully saturated rings. The molecule has 1 aromatic heterocycles. The van der Waals surface area contributed by atoms with Crippen molar-refractivity contribution in [1.82, 2.24) is 9.97 Å². The maximum Gasteiger partial charge on any atom is 0.0428 e. The predicted molar refractivity (Wildman–Crippen MR) is 53.7 cm³/mol. The maximum atomic E-state index is 4.12. The first kappa shape index (κ1) is 7.80. The summed E-state index contributed by atoms with van der Waals surface area (Å²) in [6, 6.07) is 10.2. The average molecular weight is 170 g/mol. The molecule has 2 aromatic rings. The van der Waals surface area contributed by atoms with E-state index in [4.69, 9.17) is 0 Å². The Hall–Kier alpha value is -1.83. The fourth-order valence-corrected chi connectivity index (χ4v) is 1.18. The number of hydrogen-bond acceptors (Lipinski definition) is 1. The monoisotopic (exact) mass is 170 g/mol. The summed E-state index contributed by atoms with van der Waals surface area (Å²) >= 11 is 0. The van der Waals surface area contributed by atoms with Crippen LogP contribution in [0.5, 0.6) is 0 Å². The highest BCUT2D eigenvalue weighted by Gasteiger charge is 1.84. The molecule has 0 amide bonds. The Morgan fingerprint density at radius 2 is 1.77 bits per heavy atom. The molecule has 0 spiro atoms. The van der Waals surface area contributed by atoms with Crippen LogP contribution in [0.15, 0.2) is 55.1 Å². The normalized spacial score (nSPS) is 9.54. The minimum Gasteiger partial charge on any atom is -0.366 e. The highest BCUT2D eigenvalue weighted by Crippen LogP contribution is 2.07. The molecule has 13 heavy (non-hydrogen) atoms. The van der Waals surface area contributed by atoms with E-state index in [1.165, 1.54) is 5.39 Å². The third-order valence-electron chi connectivity index (χ3n) is 1.83. The molecular formula is C11H10N2. The Bertz CT molecular complexity index is 404. The molecule has 0 aliphatic rings. The average Bonchev–Trinajstić information content (AvgIpc) is 2.28. The zero-order valence-corrected chi connectivity index (χ0v) is 7.14. The topological polar surface area (TPSA) is 28.7 Å². The minimum absolute atomic E-state index is 1.13. The van der Waals surface area contributed by atoms with Gasteiger partial charge in [0, 0.05) is 24.8 Å². The van der Waals surface area contributed by atoms with Crippen molar-refractivity contribution in [3.63, 3.8) is 0 Å². The Labute approximate surface area is 76.6 Å². The van der Waals surface area contributed by atoms with Gasteiger partial charge in [-0.05, 0) is 16.8 Å². The molecule has 1 N–H and O–H groups in total. The largest absolute Gasteiger partial charge is 0.366 e. The van der Waals surface area contributed by atoms with Crippen LogP contribution < -0.4 is 0 Å². The van der Waals surface area contributed by atoms with Gasteiger partial charge in [-0.15, -0.1) is 0 Å². The predicted octanol–water partition coefficient (Wildman–Crippen LogP) is 2.69. The van der Waals surface area contributed by atoms with Crippen LogP contribution in [0, 0.1) is 0 Å². The van der Waals surface area contributed by atoms with E-state index in [0.717, 1.165) is 5.39 Å². The number of benzene rings is 1. The lowest BCUT2D eigenvalue weighted by Crippen LogP contribution is -1.66. The number of aromatic amines is 1. The molecule has 0 radical (unpaired) electrons. The minimum atomic E-state index is 1.13. The molecule has 0 aliphatic carbocycles. The van der Waals surface area contributed by atoms with Crippen molar-refractivity contribution < 1.29 is 0 Å². The molecule has 0 aliphatic heterocycles. The van der Waals surface area contributed by atoms with Gasteiger partial charge in [0.15, 0.2) is 0 Å². The van der Waals surface area contributed by atoms with Crippen LogP contribution in [0.2, 0.25) is 0 Å². The zero-order valence-electron chi connectivity index (χ0n) is 7.14. The number of fused-ring (bicyclic) bond motifs is 1. The van der Waals surface area contributed by atoms with Crippen LogP contribution in [0.1, 0.15) is 0 Å². The van der Waals surface area contributed by atoms with E-state index in [0.29, 0.717) is 0 Å². The zero-order chi connectivity index (χ0) is 8.93. The summed E-state index contributed by atoms with van der Waals surface area (Å²) in [4.78, 5) is 7.12. The van der Waals surface area contributed by atoms with Gasteiger partial charge in [-0.1, -0.05) is 24.3 Å². The van der Waals surface area contributed by atoms with Crippen LogP contribution in [-0.4, -0.2) is 9.97 Å². The van der Waals surface area contributed by atoms with Gasteiger partial charge >= 0.3 is 0 Å². The van der Waals surface area contributed by atoms with Gasteiger partial charge in [0.1, 0.15) is 0 Å². The number of hydrogen-bond donors (Lipinski definition) is 1. The van der Waals surface area contributed by atoms with Gasteiger partial charge in [-0.2, -0.15) is 0 Å². The molecule has 0 unspecified atom stereocenters. The third kappa shape index (κ3) is 1.85. The third-order valence-corrected chi connectivity index (χ3v) is 1.83. The molecule has 1 heterocycles. The van der Waals surface area contributed by atoms with Crippen molar-refractivity contribution in [2.45, 2.75) is 0 Å². The van der Waals surface area contributed by atoms with Gasteiger partial charge < -0.3 is 4.98 Å². The summed E-state index contributed by atoms with van der Waals surface area (Å²) in [7, 11) is 0. The van der Waals surface area contributed by atoms with E-state index in [9.17, 15) is 0 Å². The Kier molecular flexibility index (Phi) is 2.23. The van der Waals surface area contributed by atoms with Gasteiger partial charge in [0.05, 0.1) is 0 Å². The van der Waals surface area contributed by atoms with Gasteiger partial charge in [0.25, 0.3) is 0 Å². The second-order valence-electron chi connectivity index (χ2n) is 2.72. The standard InChI is InChI=1S/C11H10N2/c1-2-4-11-9-13-8-7-12-6-5-10(11)3-1/h1-9,12H. The van der Waals surface area contributed by atoms with Crippen LogP contribution >= 0.6 is 0 Å². The van der Waals surface area contributed by atoms with Crippen molar-refractivity contribution in [3.05, 3.63) is 55.1 Å². The van der Waals surface area contributed by atoms with Crippen molar-refractivity contribution in [2.24, 2.45) is 0 Å². The molecule has 0 bridgehead atoms. The van der Waals surface area contributed by atoms with Gasteiger partial charge in [0.2, 0.25) is 0 Å². The fraction of sp³-hybridized carbons (Fsp3) is 0. The SMILES string of the molecule is c1ccc2cncc[nH]ccc2c1. The first-order valence-corrected chi connectivity index (χ1v) is 4.17. The molecular weight excluding hydrogens is 160 g/mol. The first-order chi connectivity index (χ1) is 6.47. The molecule has 2 rings (SSSR count). The quantitative estimate of drug-likeness (QED) is 0.647. The highest BCUT2D eigenvalue weighted by atomic mass is 14.7. The number of H-pyrrole nitrogens is 1. The number of nitrogens with zero attached hydrogens (tertiary/aromatic N) is 1. The molecule has 0 saturated heterocycles. The number of nitrogens with one attached hydrogen (secondary N) is 1. The summed E-state index contributed by atoms with van der Waals surface area (Å²) in [6.45, 7) is 0. The van der Waals surface area contributed by atoms with Crippen LogP contribution in [0.4, 0.5) is 0 Å². The maximum absolute atomic E-state index is 4.12. The second-order valence-corrected chi connectivity index (χ2v) is 2.72. The number of rotatable bonds is 0. The van der Waals surface area contributed by atoms with E-state index in [-0.39, 0.29) is 0 Å². The van der Waals surface area contributed by atoms with Crippen LogP contribution in [0.3, 0.4) is 0 Å². The van der Waals surface area contributed by atoms with E-state index >= 15 is 0 Å². The van der Waals surface area contributed by atoms with Gasteiger partial charge in [-0.3, -0.25) is 4.98 Å². The van der Waals surface area contributed by atoms with E-state index in [1.54, 1.807) is 12.4 Å². The fourth-order valence-electron chi connectivity index (χ4n) is 1.18. The van der Waals surface area contributed by atoms with Crippen molar-refractivity contribution >= 4 is 10.8 Å².